The first-order valence-electron chi connectivity index (χ1n) is 37.0. The molecule has 0 bridgehead atoms. The van der Waals surface area contributed by atoms with Gasteiger partial charge in [0.05, 0.1) is 15.9 Å². The Bertz CT molecular complexity index is 3580. The molecule has 0 aliphatic carbocycles. The maximum atomic E-state index is 12.6. The van der Waals surface area contributed by atoms with Crippen LogP contribution >= 0.6 is 159 Å². The summed E-state index contributed by atoms with van der Waals surface area (Å²) in [7, 11) is 0. The van der Waals surface area contributed by atoms with Crippen molar-refractivity contribution >= 4 is 165 Å². The van der Waals surface area contributed by atoms with Crippen molar-refractivity contribution < 1.29 is 13.2 Å². The Morgan fingerprint density at radius 1 is 0.296 bits per heavy atom. The molecule has 12 aromatic rings. The lowest BCUT2D eigenvalue weighted by molar-refractivity contribution is 0.605. The summed E-state index contributed by atoms with van der Waals surface area (Å²) in [6.45, 7) is 69.3. The molecule has 12 rings (SSSR count). The zero-order valence-corrected chi connectivity index (χ0v) is 80.9. The van der Waals surface area contributed by atoms with E-state index < -0.39 is 0 Å². The molecule has 12 heterocycles. The summed E-state index contributed by atoms with van der Waals surface area (Å²) in [5, 5.41) is 37.6. The van der Waals surface area contributed by atoms with E-state index in [0.717, 1.165) is 31.7 Å². The molecule has 0 spiro atoms. The van der Waals surface area contributed by atoms with E-state index in [1.807, 2.05) is 94.7 Å². The average molecular weight is 1730 g/mol. The molecule has 0 radical (unpaired) electrons. The van der Waals surface area contributed by atoms with Gasteiger partial charge in [0, 0.05) is 36.5 Å². The Kier molecular flexibility index (Phi) is 52.7. The van der Waals surface area contributed by atoms with Gasteiger partial charge in [0.25, 0.3) is 0 Å². The number of halogens is 5. The van der Waals surface area contributed by atoms with Crippen molar-refractivity contribution in [2.45, 2.75) is 272 Å². The van der Waals surface area contributed by atoms with Gasteiger partial charge >= 0.3 is 0 Å². The van der Waals surface area contributed by atoms with E-state index in [2.05, 4.69) is 267 Å². The maximum Gasteiger partial charge on any atom is 0.201 e. The van der Waals surface area contributed by atoms with E-state index in [1.54, 1.807) is 79.5 Å². The van der Waals surface area contributed by atoms with Crippen LogP contribution in [0, 0.1) is 57.3 Å². The third kappa shape index (κ3) is 39.8. The van der Waals surface area contributed by atoms with Gasteiger partial charge in [-0.2, -0.15) is 65.5 Å². The van der Waals surface area contributed by atoms with Crippen LogP contribution in [0.5, 0.6) is 0 Å². The maximum absolute atomic E-state index is 12.6. The van der Waals surface area contributed by atoms with E-state index in [9.17, 15) is 13.2 Å². The van der Waals surface area contributed by atoms with Gasteiger partial charge < -0.3 is 0 Å². The summed E-state index contributed by atoms with van der Waals surface area (Å²) >= 11 is 31.2. The van der Waals surface area contributed by atoms with E-state index >= 15 is 0 Å². The topological polar surface area (TPSA) is 4.36 Å². The fourth-order valence-corrected chi connectivity index (χ4v) is 21.1. The molecule has 0 fully saturated rings. The first-order valence-corrected chi connectivity index (χ1v) is 48.6. The molecule has 0 aliphatic heterocycles. The van der Waals surface area contributed by atoms with Gasteiger partial charge in [-0.15, -0.1) is 79.4 Å². The monoisotopic (exact) mass is 1730 g/mol. The highest BCUT2D eigenvalue weighted by Crippen LogP contribution is 2.33. The number of hydrogen-bond acceptors (Lipinski definition) is 12. The zero-order valence-electron chi connectivity index (χ0n) is 69.6. The van der Waals surface area contributed by atoms with Crippen LogP contribution in [0.4, 0.5) is 18.9 Å². The highest BCUT2D eigenvalue weighted by atomic mass is 35.5. The summed E-state index contributed by atoms with van der Waals surface area (Å²) in [6, 6.07) is 14.3. The van der Waals surface area contributed by atoms with Crippen LogP contribution < -0.4 is 0 Å². The van der Waals surface area contributed by atoms with Crippen molar-refractivity contribution in [2.75, 3.05) is 0 Å². The summed E-state index contributed by atoms with van der Waals surface area (Å²) < 4.78 is 38.5. The highest BCUT2D eigenvalue weighted by molar-refractivity contribution is 7.14. The Balaban J connectivity index is 0.000000589. The smallest absolute Gasteiger partial charge is 0.201 e. The largest absolute Gasteiger partial charge is 0.237 e. The Morgan fingerprint density at radius 2 is 0.648 bits per heavy atom. The molecular formula is C90H124Cl2F3NS12. The number of rotatable bonds is 12. The first kappa shape index (κ1) is 102. The minimum absolute atomic E-state index is 0.0370. The van der Waals surface area contributed by atoms with Gasteiger partial charge in [-0.3, -0.25) is 0 Å². The Morgan fingerprint density at radius 3 is 0.833 bits per heavy atom. The van der Waals surface area contributed by atoms with Crippen molar-refractivity contribution in [3.05, 3.63) is 269 Å². The van der Waals surface area contributed by atoms with Crippen molar-refractivity contribution in [2.24, 2.45) is 0 Å². The minimum atomic E-state index is -0.0845. The third-order valence-electron chi connectivity index (χ3n) is 16.5. The second-order valence-electron chi connectivity index (χ2n) is 29.4. The lowest BCUT2D eigenvalue weighted by Crippen LogP contribution is -1.85. The molecule has 12 aromatic heterocycles. The fourth-order valence-electron chi connectivity index (χ4n) is 9.80. The van der Waals surface area contributed by atoms with E-state index in [1.165, 1.54) is 115 Å². The van der Waals surface area contributed by atoms with Crippen LogP contribution in [-0.4, -0.2) is 0 Å². The molecule has 108 heavy (non-hydrogen) atoms. The Labute approximate surface area is 711 Å². The molecule has 18 heteroatoms. The number of aryl methyl sites for hydroxylation is 5. The second-order valence-corrected chi connectivity index (χ2v) is 40.9. The SMILES string of the molecule is CC(C)c1ccsc1.CC(C)c1ccsc1Cl.CC(C)c1ccsc1F.CC(C)c1csc(F)c1.CC(C)c1cscc1Cl.CC(C)c1cscc1F.Cc1cscc1C(C)C.Cc1cscc1C(C)C.Cc1sccc1C(C)C.Cc1sccc1C(C)C.Cc1sccc1C(C)C.[C-]#[N+]c1cscc1C(C)C. The molecule has 596 valence electrons. The average Bonchev–Trinajstić information content (AvgIpc) is 1.74. The molecular weight excluding hydrogens is 1610 g/mol. The molecule has 0 aliphatic rings. The Hall–Kier alpha value is -3.74. The van der Waals surface area contributed by atoms with Gasteiger partial charge in [0.2, 0.25) is 5.69 Å². The summed E-state index contributed by atoms with van der Waals surface area (Å²) in [5.74, 6) is 6.77. The summed E-state index contributed by atoms with van der Waals surface area (Å²) in [5.41, 5.74) is 19.1. The van der Waals surface area contributed by atoms with Gasteiger partial charge in [0.15, 0.2) is 10.3 Å². The standard InChI is InChI=1S/C8H9NS.5C8H12S.2C7H9ClS.3C7H9FS.C7H10S/c1-6(2)7-4-10-5-8(7)9-3;2*1-6(2)8-5-9-4-7(8)3;3*1-6(2)8-4-5-9-7(8)3;1-5(2)6-3-9-4-7(6)8;1-5(2)6-3-4-9-7(6)8;1-5(2)6-3-9-4-7(6)8;1-5(2)6-3-7(8)9-4-6;1-5(2)6-3-4-9-7(6)8;1-6(2)7-3-4-8-5-7/h4-6H,1-2H3;5*4-6H,1-3H3;5*3-5H,1-2H3;3-6H,1-2H3. The molecule has 0 saturated heterocycles. The predicted octanol–water partition coefficient (Wildman–Crippen LogP) is 38.3. The van der Waals surface area contributed by atoms with E-state index in [-0.39, 0.29) is 16.1 Å². The molecule has 0 aromatic carbocycles. The quantitative estimate of drug-likeness (QED) is 0.107. The van der Waals surface area contributed by atoms with Gasteiger partial charge in [-0.05, 0) is 301 Å². The zero-order chi connectivity index (χ0) is 82.1. The number of nitrogens with zero attached hydrogens (tertiary/aromatic N) is 1. The number of hydrogen-bond donors (Lipinski definition) is 0. The lowest BCUT2D eigenvalue weighted by Gasteiger charge is -2.01. The van der Waals surface area contributed by atoms with Crippen molar-refractivity contribution in [1.29, 1.82) is 0 Å². The summed E-state index contributed by atoms with van der Waals surface area (Å²) in [6.07, 6.45) is 0. The van der Waals surface area contributed by atoms with Crippen LogP contribution in [0.2, 0.25) is 9.36 Å². The minimum Gasteiger partial charge on any atom is -0.237 e. The first-order chi connectivity index (χ1) is 50.7. The van der Waals surface area contributed by atoms with Crippen LogP contribution in [0.3, 0.4) is 0 Å². The van der Waals surface area contributed by atoms with Crippen molar-refractivity contribution in [3.63, 3.8) is 0 Å². The lowest BCUT2D eigenvalue weighted by atomic mass is 10.0. The second kappa shape index (κ2) is 55.7. The molecule has 0 atom stereocenters. The molecule has 0 unspecified atom stereocenters. The highest BCUT2D eigenvalue weighted by Gasteiger charge is 2.11. The normalized spacial score (nSPS) is 10.6. The number of thiophene rings is 12. The van der Waals surface area contributed by atoms with E-state index in [0.29, 0.717) is 71.0 Å². The third-order valence-corrected chi connectivity index (χ3v) is 26.9. The predicted molar refractivity (Wildman–Crippen MR) is 501 cm³/mol. The molecule has 0 saturated carbocycles. The van der Waals surface area contributed by atoms with Crippen LogP contribution in [0.25, 0.3) is 4.85 Å². The van der Waals surface area contributed by atoms with E-state index in [4.69, 9.17) is 29.8 Å². The molecule has 1 nitrogen and oxygen atoms in total. The van der Waals surface area contributed by atoms with Gasteiger partial charge in [-0.1, -0.05) is 189 Å². The van der Waals surface area contributed by atoms with Crippen molar-refractivity contribution in [3.8, 4) is 0 Å². The van der Waals surface area contributed by atoms with Gasteiger partial charge in [-0.25, -0.2) is 9.24 Å². The van der Waals surface area contributed by atoms with Gasteiger partial charge in [0.1, 0.15) is 5.82 Å². The molecule has 0 N–H and O–H groups in total. The van der Waals surface area contributed by atoms with Crippen LogP contribution in [-0.2, 0) is 0 Å². The summed E-state index contributed by atoms with van der Waals surface area (Å²) in [4.78, 5) is 7.80. The molecule has 0 amide bonds. The van der Waals surface area contributed by atoms with Crippen LogP contribution in [0.15, 0.2) is 139 Å². The fraction of sp³-hybridized carbons (Fsp3) is 0.456. The van der Waals surface area contributed by atoms with Crippen LogP contribution in [0.1, 0.15) is 330 Å². The van der Waals surface area contributed by atoms with Crippen molar-refractivity contribution in [1.82, 2.24) is 0 Å².